The third-order valence-corrected chi connectivity index (χ3v) is 0.455. The van der Waals surface area contributed by atoms with Crippen molar-refractivity contribution in [3.05, 3.63) is 0 Å². The van der Waals surface area contributed by atoms with Gasteiger partial charge in [-0.1, -0.05) is 5.16 Å². The standard InChI is InChI=1S/C2H6N2O2S/c1-2-4-6-7(3)5/h2H,3H2,1H3/b4-2+. The molecule has 0 radical (unpaired) electrons. The second kappa shape index (κ2) is 3.76. The van der Waals surface area contributed by atoms with E-state index in [0.29, 0.717) is 0 Å². The van der Waals surface area contributed by atoms with Gasteiger partial charge < -0.3 is 0 Å². The lowest BCUT2D eigenvalue weighted by Crippen LogP contribution is -2.02. The van der Waals surface area contributed by atoms with Gasteiger partial charge in [0, 0.05) is 6.21 Å². The third-order valence-electron chi connectivity index (χ3n) is 0.222. The lowest BCUT2D eigenvalue weighted by Gasteiger charge is -1.83. The molecule has 0 saturated heterocycles. The molecular weight excluding hydrogens is 116 g/mol. The number of hydrogen-bond donors (Lipinski definition) is 1. The summed E-state index contributed by atoms with van der Waals surface area (Å²) in [4.78, 5) is 0. The van der Waals surface area contributed by atoms with E-state index in [2.05, 4.69) is 14.6 Å². The average molecular weight is 122 g/mol. The van der Waals surface area contributed by atoms with Crippen LogP contribution < -0.4 is 5.14 Å². The van der Waals surface area contributed by atoms with Gasteiger partial charge in [-0.2, -0.15) is 4.21 Å². The minimum Gasteiger partial charge on any atom is -0.276 e. The van der Waals surface area contributed by atoms with Crippen molar-refractivity contribution in [1.82, 2.24) is 0 Å². The second-order valence-electron chi connectivity index (χ2n) is 0.699. The minimum absolute atomic E-state index is 1.35. The zero-order valence-corrected chi connectivity index (χ0v) is 4.64. The second-order valence-corrected chi connectivity index (χ2v) is 1.37. The summed E-state index contributed by atoms with van der Waals surface area (Å²) in [6.45, 7) is 1.63. The minimum atomic E-state index is -1.76. The molecule has 0 aliphatic carbocycles. The van der Waals surface area contributed by atoms with E-state index in [0.717, 1.165) is 0 Å². The van der Waals surface area contributed by atoms with Gasteiger partial charge in [0.2, 0.25) is 0 Å². The first-order chi connectivity index (χ1) is 3.27. The Kier molecular flexibility index (Phi) is 3.53. The quantitative estimate of drug-likeness (QED) is 0.398. The van der Waals surface area contributed by atoms with Gasteiger partial charge in [-0.15, -0.1) is 0 Å². The van der Waals surface area contributed by atoms with E-state index in [1.54, 1.807) is 6.92 Å². The Morgan fingerprint density at radius 2 is 2.57 bits per heavy atom. The van der Waals surface area contributed by atoms with Crippen LogP contribution in [0, 0.1) is 0 Å². The first-order valence-corrected chi connectivity index (χ1v) is 2.73. The molecule has 1 unspecified atom stereocenters. The number of rotatable bonds is 2. The van der Waals surface area contributed by atoms with E-state index < -0.39 is 11.3 Å². The highest BCUT2D eigenvalue weighted by Gasteiger charge is 1.79. The lowest BCUT2D eigenvalue weighted by atomic mass is 10.9. The SMILES string of the molecule is C/C=N/OS(N)=O. The highest BCUT2D eigenvalue weighted by Crippen LogP contribution is 1.71. The molecule has 42 valence electrons. The molecule has 0 spiro atoms. The van der Waals surface area contributed by atoms with Gasteiger partial charge in [0.15, 0.2) is 0 Å². The zero-order valence-electron chi connectivity index (χ0n) is 3.83. The number of nitrogens with zero attached hydrogens (tertiary/aromatic N) is 1. The highest BCUT2D eigenvalue weighted by molar-refractivity contribution is 7.77. The van der Waals surface area contributed by atoms with Gasteiger partial charge in [-0.3, -0.25) is 4.28 Å². The smallest absolute Gasteiger partial charge is 0.276 e. The summed E-state index contributed by atoms with van der Waals surface area (Å²) in [5.74, 6) is 0. The van der Waals surface area contributed by atoms with E-state index in [-0.39, 0.29) is 0 Å². The Balaban J connectivity index is 3.14. The molecule has 0 saturated carbocycles. The molecule has 0 bridgehead atoms. The first-order valence-electron chi connectivity index (χ1n) is 1.59. The van der Waals surface area contributed by atoms with Gasteiger partial charge in [0.25, 0.3) is 0 Å². The molecule has 2 N–H and O–H groups in total. The molecule has 5 heteroatoms. The van der Waals surface area contributed by atoms with E-state index in [1.807, 2.05) is 0 Å². The van der Waals surface area contributed by atoms with E-state index in [1.165, 1.54) is 6.21 Å². The van der Waals surface area contributed by atoms with Gasteiger partial charge in [0.1, 0.15) is 0 Å². The maximum atomic E-state index is 9.76. The van der Waals surface area contributed by atoms with E-state index in [9.17, 15) is 4.21 Å². The molecule has 4 nitrogen and oxygen atoms in total. The molecule has 0 amide bonds. The molecule has 0 aromatic carbocycles. The van der Waals surface area contributed by atoms with Crippen molar-refractivity contribution in [1.29, 1.82) is 0 Å². The van der Waals surface area contributed by atoms with Crippen LogP contribution in [0.1, 0.15) is 6.92 Å². The number of oxime groups is 1. The molecule has 0 aromatic rings. The summed E-state index contributed by atoms with van der Waals surface area (Å²) in [6, 6.07) is 0. The van der Waals surface area contributed by atoms with Crippen LogP contribution in [0.3, 0.4) is 0 Å². The van der Waals surface area contributed by atoms with Crippen LogP contribution in [0.25, 0.3) is 0 Å². The predicted octanol–water partition coefficient (Wildman–Crippen LogP) is -0.454. The van der Waals surface area contributed by atoms with Crippen molar-refractivity contribution in [3.8, 4) is 0 Å². The third kappa shape index (κ3) is 5.58. The molecule has 7 heavy (non-hydrogen) atoms. The summed E-state index contributed by atoms with van der Waals surface area (Å²) in [5.41, 5.74) is 0. The molecule has 0 aliphatic heterocycles. The molecule has 0 rings (SSSR count). The summed E-state index contributed by atoms with van der Waals surface area (Å²) >= 11 is -1.76. The number of nitrogens with two attached hydrogens (primary N) is 1. The Bertz CT molecular complexity index is 91.7. The normalized spacial score (nSPS) is 14.6. The van der Waals surface area contributed by atoms with Gasteiger partial charge >= 0.3 is 11.3 Å². The fourth-order valence-corrected chi connectivity index (χ4v) is 0.256. The van der Waals surface area contributed by atoms with Crippen molar-refractivity contribution < 1.29 is 8.49 Å². The fraction of sp³-hybridized carbons (Fsp3) is 0.500. The highest BCUT2D eigenvalue weighted by atomic mass is 32.2. The molecule has 0 aliphatic rings. The maximum Gasteiger partial charge on any atom is 0.307 e. The summed E-state index contributed by atoms with van der Waals surface area (Å²) in [5, 5.41) is 7.74. The zero-order chi connectivity index (χ0) is 5.70. The summed E-state index contributed by atoms with van der Waals surface area (Å²) < 4.78 is 13.8. The average Bonchev–Trinajstić information content (AvgIpc) is 1.61. The maximum absolute atomic E-state index is 9.76. The van der Waals surface area contributed by atoms with Crippen LogP contribution >= 0.6 is 0 Å². The van der Waals surface area contributed by atoms with Crippen LogP contribution in [0.15, 0.2) is 5.16 Å². The monoisotopic (exact) mass is 122 g/mol. The fourth-order valence-electron chi connectivity index (χ4n) is 0.0854. The molecule has 0 fully saturated rings. The molecule has 0 heterocycles. The molecule has 1 atom stereocenters. The summed E-state index contributed by atoms with van der Waals surface area (Å²) in [7, 11) is 0. The Morgan fingerprint density at radius 1 is 2.00 bits per heavy atom. The van der Waals surface area contributed by atoms with Crippen LogP contribution in [-0.4, -0.2) is 10.4 Å². The van der Waals surface area contributed by atoms with Crippen LogP contribution in [0.4, 0.5) is 0 Å². The van der Waals surface area contributed by atoms with Gasteiger partial charge in [0.05, 0.1) is 0 Å². The molecule has 0 aromatic heterocycles. The Labute approximate surface area is 44.1 Å². The summed E-state index contributed by atoms with van der Waals surface area (Å²) in [6.07, 6.45) is 1.35. The van der Waals surface area contributed by atoms with Crippen molar-refractivity contribution in [2.45, 2.75) is 6.92 Å². The van der Waals surface area contributed by atoms with Crippen LogP contribution in [-0.2, 0) is 15.6 Å². The number of hydrogen-bond acceptors (Lipinski definition) is 3. The van der Waals surface area contributed by atoms with Crippen molar-refractivity contribution in [2.75, 3.05) is 0 Å². The van der Waals surface area contributed by atoms with Crippen molar-refractivity contribution in [2.24, 2.45) is 10.3 Å². The largest absolute Gasteiger partial charge is 0.307 e. The molecular formula is C2H6N2O2S. The Hall–Kier alpha value is -0.420. The Morgan fingerprint density at radius 3 is 2.71 bits per heavy atom. The topological polar surface area (TPSA) is 64.7 Å². The van der Waals surface area contributed by atoms with Crippen molar-refractivity contribution >= 4 is 17.5 Å². The van der Waals surface area contributed by atoms with Crippen LogP contribution in [0.2, 0.25) is 0 Å². The van der Waals surface area contributed by atoms with E-state index >= 15 is 0 Å². The first kappa shape index (κ1) is 6.58. The van der Waals surface area contributed by atoms with E-state index in [4.69, 9.17) is 0 Å². The predicted molar refractivity (Wildman–Crippen MR) is 27.6 cm³/mol. The van der Waals surface area contributed by atoms with Crippen molar-refractivity contribution in [3.63, 3.8) is 0 Å². The van der Waals surface area contributed by atoms with Gasteiger partial charge in [-0.05, 0) is 6.92 Å². The lowest BCUT2D eigenvalue weighted by molar-refractivity contribution is 0.376. The van der Waals surface area contributed by atoms with Gasteiger partial charge in [-0.25, -0.2) is 5.14 Å². The van der Waals surface area contributed by atoms with Crippen LogP contribution in [0.5, 0.6) is 0 Å².